The molecule has 2 atom stereocenters. The van der Waals surface area contributed by atoms with Gasteiger partial charge in [0.1, 0.15) is 5.82 Å². The summed E-state index contributed by atoms with van der Waals surface area (Å²) in [4.78, 5) is 16.7. The summed E-state index contributed by atoms with van der Waals surface area (Å²) in [5.41, 5.74) is 0.717. The Morgan fingerprint density at radius 3 is 2.59 bits per heavy atom. The lowest BCUT2D eigenvalue weighted by Gasteiger charge is -2.31. The normalized spacial score (nSPS) is 24.1. The van der Waals surface area contributed by atoms with Gasteiger partial charge in [-0.15, -0.1) is 10.2 Å². The van der Waals surface area contributed by atoms with E-state index in [2.05, 4.69) is 19.7 Å². The molecular weight excluding hydrogens is 527 g/mol. The second kappa shape index (κ2) is 11.8. The number of benzene rings is 1. The van der Waals surface area contributed by atoms with Crippen LogP contribution in [0.5, 0.6) is 0 Å². The van der Waals surface area contributed by atoms with Gasteiger partial charge in [-0.3, -0.25) is 4.79 Å². The molecule has 0 N–H and O–H groups in total. The molecule has 3 fully saturated rings. The number of hydrogen-bond acceptors (Lipinski definition) is 6. The SMILES string of the molecule is COCCC(=O)N1CCC(c2nnc(SCCCN3CC[C@]4(C[C@@H]4c4ccc(C(F)(F)F)cc4)C3)n2C)CC1. The number of likely N-dealkylation sites (tertiary alicyclic amines) is 2. The average molecular weight is 566 g/mol. The van der Waals surface area contributed by atoms with Crippen molar-refractivity contribution in [1.29, 1.82) is 0 Å². The first-order valence-electron chi connectivity index (χ1n) is 13.9. The van der Waals surface area contributed by atoms with Crippen LogP contribution in [-0.4, -0.2) is 82.7 Å². The van der Waals surface area contributed by atoms with Gasteiger partial charge in [-0.2, -0.15) is 13.2 Å². The van der Waals surface area contributed by atoms with Crippen molar-refractivity contribution < 1.29 is 22.7 Å². The zero-order valence-electron chi connectivity index (χ0n) is 22.8. The molecule has 1 spiro atoms. The predicted octanol–water partition coefficient (Wildman–Crippen LogP) is 4.94. The van der Waals surface area contributed by atoms with E-state index in [9.17, 15) is 18.0 Å². The number of methoxy groups -OCH3 is 1. The molecule has 1 amide bonds. The summed E-state index contributed by atoms with van der Waals surface area (Å²) in [6, 6.07) is 5.78. The predicted molar refractivity (Wildman–Crippen MR) is 144 cm³/mol. The van der Waals surface area contributed by atoms with E-state index in [0.29, 0.717) is 24.9 Å². The van der Waals surface area contributed by atoms with E-state index in [1.54, 1.807) is 31.0 Å². The van der Waals surface area contributed by atoms with Crippen molar-refractivity contribution >= 4 is 17.7 Å². The van der Waals surface area contributed by atoms with Crippen LogP contribution in [0.15, 0.2) is 29.4 Å². The fourth-order valence-electron chi connectivity index (χ4n) is 6.34. The Bertz CT molecular complexity index is 1130. The summed E-state index contributed by atoms with van der Waals surface area (Å²) in [6.45, 7) is 5.07. The van der Waals surface area contributed by atoms with E-state index in [1.165, 1.54) is 12.1 Å². The number of halogens is 3. The third kappa shape index (κ3) is 6.46. The van der Waals surface area contributed by atoms with Gasteiger partial charge in [-0.1, -0.05) is 23.9 Å². The van der Waals surface area contributed by atoms with Crippen LogP contribution in [0.2, 0.25) is 0 Å². The molecule has 1 saturated carbocycles. The number of carbonyl (C=O) groups excluding carboxylic acids is 1. The highest BCUT2D eigenvalue weighted by Gasteiger charge is 2.57. The van der Waals surface area contributed by atoms with Gasteiger partial charge in [0.05, 0.1) is 18.6 Å². The Morgan fingerprint density at radius 1 is 1.15 bits per heavy atom. The van der Waals surface area contributed by atoms with E-state index in [-0.39, 0.29) is 11.3 Å². The molecular formula is C28H38F3N5O2S. The number of carbonyl (C=O) groups is 1. The zero-order valence-corrected chi connectivity index (χ0v) is 23.6. The van der Waals surface area contributed by atoms with Crippen molar-refractivity contribution in [2.45, 2.75) is 61.7 Å². The number of piperidine rings is 1. The highest BCUT2D eigenvalue weighted by Crippen LogP contribution is 2.64. The summed E-state index contributed by atoms with van der Waals surface area (Å²) in [5, 5.41) is 9.88. The van der Waals surface area contributed by atoms with Crippen LogP contribution < -0.4 is 0 Å². The van der Waals surface area contributed by atoms with Crippen LogP contribution in [0.3, 0.4) is 0 Å². The largest absolute Gasteiger partial charge is 0.416 e. The molecule has 0 unspecified atom stereocenters. The molecule has 2 saturated heterocycles. The fraction of sp³-hybridized carbons (Fsp3) is 0.679. The van der Waals surface area contributed by atoms with E-state index in [4.69, 9.17) is 4.74 Å². The summed E-state index contributed by atoms with van der Waals surface area (Å²) in [7, 11) is 3.65. The van der Waals surface area contributed by atoms with Crippen LogP contribution in [0.25, 0.3) is 0 Å². The van der Waals surface area contributed by atoms with E-state index < -0.39 is 11.7 Å². The maximum atomic E-state index is 12.9. The zero-order chi connectivity index (χ0) is 27.6. The minimum Gasteiger partial charge on any atom is -0.384 e. The molecule has 214 valence electrons. The second-order valence-electron chi connectivity index (χ2n) is 11.3. The molecule has 7 nitrogen and oxygen atoms in total. The summed E-state index contributed by atoms with van der Waals surface area (Å²) in [5.74, 6) is 2.83. The van der Waals surface area contributed by atoms with E-state index >= 15 is 0 Å². The standard InChI is InChI=1S/C28H38F3N5O2S/c1-34-25(21-8-13-36(14-9-21)24(37)10-16-38-2)32-33-26(34)39-17-3-12-35-15-11-27(19-35)18-23(27)20-4-6-22(7-5-20)28(29,30)31/h4-7,21,23H,3,8-19H2,1-2H3/t23-,27+/m1/s1. The first-order chi connectivity index (χ1) is 18.7. The Balaban J connectivity index is 1.03. The van der Waals surface area contributed by atoms with Crippen molar-refractivity contribution in [3.05, 3.63) is 41.2 Å². The number of aromatic nitrogens is 3. The van der Waals surface area contributed by atoms with Crippen LogP contribution in [0, 0.1) is 5.41 Å². The smallest absolute Gasteiger partial charge is 0.384 e. The second-order valence-corrected chi connectivity index (χ2v) is 12.3. The van der Waals surface area contributed by atoms with Gasteiger partial charge in [0.15, 0.2) is 5.16 Å². The molecule has 39 heavy (non-hydrogen) atoms. The van der Waals surface area contributed by atoms with Gasteiger partial charge in [0.2, 0.25) is 5.91 Å². The lowest BCUT2D eigenvalue weighted by Crippen LogP contribution is -2.38. The molecule has 0 bridgehead atoms. The molecule has 2 aromatic rings. The van der Waals surface area contributed by atoms with Crippen LogP contribution in [0.1, 0.15) is 67.3 Å². The van der Waals surface area contributed by atoms with E-state index in [0.717, 1.165) is 87.1 Å². The lowest BCUT2D eigenvalue weighted by molar-refractivity contribution is -0.137. The minimum atomic E-state index is -4.28. The molecule has 1 aromatic carbocycles. The number of nitrogens with zero attached hydrogens (tertiary/aromatic N) is 5. The molecule has 3 heterocycles. The minimum absolute atomic E-state index is 0.158. The maximum absolute atomic E-state index is 12.9. The third-order valence-electron chi connectivity index (χ3n) is 8.75. The van der Waals surface area contributed by atoms with E-state index in [1.807, 2.05) is 11.9 Å². The van der Waals surface area contributed by atoms with Crippen molar-refractivity contribution in [3.63, 3.8) is 0 Å². The molecule has 2 aliphatic heterocycles. The summed E-state index contributed by atoms with van der Waals surface area (Å²) >= 11 is 1.74. The Hall–Kier alpha value is -2.11. The van der Waals surface area contributed by atoms with Crippen molar-refractivity contribution in [2.24, 2.45) is 12.5 Å². The van der Waals surface area contributed by atoms with Crippen LogP contribution in [-0.2, 0) is 22.8 Å². The first kappa shape index (κ1) is 28.4. The molecule has 3 aliphatic rings. The average Bonchev–Trinajstić information content (AvgIpc) is 3.27. The number of alkyl halides is 3. The highest BCUT2D eigenvalue weighted by molar-refractivity contribution is 7.99. The van der Waals surface area contributed by atoms with Crippen LogP contribution >= 0.6 is 11.8 Å². The fourth-order valence-corrected chi connectivity index (χ4v) is 7.18. The quantitative estimate of drug-likeness (QED) is 0.301. The molecule has 1 aromatic heterocycles. The number of ether oxygens (including phenoxy) is 1. The van der Waals surface area contributed by atoms with Gasteiger partial charge in [-0.25, -0.2) is 0 Å². The van der Waals surface area contributed by atoms with Gasteiger partial charge in [-0.05, 0) is 74.2 Å². The maximum Gasteiger partial charge on any atom is 0.416 e. The van der Waals surface area contributed by atoms with Gasteiger partial charge < -0.3 is 19.1 Å². The van der Waals surface area contributed by atoms with Gasteiger partial charge in [0, 0.05) is 45.5 Å². The Labute approximate surface area is 232 Å². The topological polar surface area (TPSA) is 63.5 Å². The molecule has 0 radical (unpaired) electrons. The third-order valence-corrected chi connectivity index (χ3v) is 9.85. The van der Waals surface area contributed by atoms with Crippen molar-refractivity contribution in [1.82, 2.24) is 24.6 Å². The molecule has 1 aliphatic carbocycles. The summed E-state index contributed by atoms with van der Waals surface area (Å²) < 4.78 is 45.8. The van der Waals surface area contributed by atoms with Crippen molar-refractivity contribution in [3.8, 4) is 0 Å². The number of rotatable bonds is 10. The Kier molecular flexibility index (Phi) is 8.59. The van der Waals surface area contributed by atoms with Crippen molar-refractivity contribution in [2.75, 3.05) is 52.2 Å². The number of thioether (sulfide) groups is 1. The van der Waals surface area contributed by atoms with Crippen LogP contribution in [0.4, 0.5) is 13.2 Å². The monoisotopic (exact) mass is 565 g/mol. The molecule has 11 heteroatoms. The highest BCUT2D eigenvalue weighted by atomic mass is 32.2. The Morgan fingerprint density at radius 2 is 1.90 bits per heavy atom. The van der Waals surface area contributed by atoms with Gasteiger partial charge >= 0.3 is 6.18 Å². The van der Waals surface area contributed by atoms with Gasteiger partial charge in [0.25, 0.3) is 0 Å². The molecule has 5 rings (SSSR count). The lowest BCUT2D eigenvalue weighted by atomic mass is 9.96. The number of hydrogen-bond donors (Lipinski definition) is 0. The summed E-state index contributed by atoms with van der Waals surface area (Å²) in [6.07, 6.45) is 1.21. The first-order valence-corrected chi connectivity index (χ1v) is 14.9. The number of amides is 1.